The van der Waals surface area contributed by atoms with Gasteiger partial charge in [-0.1, -0.05) is 31.9 Å². The number of sulfone groups is 1. The van der Waals surface area contributed by atoms with Crippen molar-refractivity contribution < 1.29 is 31.5 Å². The second-order valence-corrected chi connectivity index (χ2v) is 12.8. The monoisotopic (exact) mass is 650 g/mol. The van der Waals surface area contributed by atoms with Crippen LogP contribution < -0.4 is 21.1 Å². The Hall–Kier alpha value is -3.74. The second kappa shape index (κ2) is 15.3. The van der Waals surface area contributed by atoms with E-state index in [0.717, 1.165) is 43.7 Å². The first-order valence-electron chi connectivity index (χ1n) is 14.1. The number of primary amides is 1. The number of nitrogens with two attached hydrogens (primary N) is 1. The number of unbranched alkanes of at least 4 members (excludes halogenated alkanes) is 1. The van der Waals surface area contributed by atoms with Gasteiger partial charge in [0.15, 0.2) is 9.84 Å². The number of nitrogens with one attached hydrogen (secondary N) is 2. The smallest absolute Gasteiger partial charge is 0.319 e. The Morgan fingerprint density at radius 1 is 1.02 bits per heavy atom. The molecule has 2 unspecified atom stereocenters. The molecular weight excluding hydrogens is 614 g/mol. The summed E-state index contributed by atoms with van der Waals surface area (Å²) in [6.45, 7) is 3.58. The number of carbonyl (C=O) groups excluding carboxylic acids is 2. The zero-order valence-corrected chi connectivity index (χ0v) is 26.1. The van der Waals surface area contributed by atoms with Crippen molar-refractivity contribution in [3.63, 3.8) is 0 Å². The van der Waals surface area contributed by atoms with Crippen molar-refractivity contribution >= 4 is 39.9 Å². The van der Waals surface area contributed by atoms with Crippen LogP contribution in [0.25, 0.3) is 0 Å². The number of ether oxygens (including phenoxy) is 1. The third-order valence-electron chi connectivity index (χ3n) is 7.43. The Labute approximate surface area is 262 Å². The first-order valence-corrected chi connectivity index (χ1v) is 16.0. The van der Waals surface area contributed by atoms with Gasteiger partial charge in [0.25, 0.3) is 5.91 Å². The van der Waals surface area contributed by atoms with Gasteiger partial charge >= 0.3 is 6.03 Å². The molecule has 1 saturated heterocycles. The quantitative estimate of drug-likeness (QED) is 0.232. The summed E-state index contributed by atoms with van der Waals surface area (Å²) in [5.74, 6) is -1.99. The number of carbonyl (C=O) groups is 2. The van der Waals surface area contributed by atoms with Crippen LogP contribution in [0.5, 0.6) is 11.5 Å². The number of hydrogen-bond acceptors (Lipinski definition) is 6. The number of nitrogens with zero attached hydrogens (tertiary/aromatic N) is 1. The van der Waals surface area contributed by atoms with Crippen LogP contribution in [-0.2, 0) is 16.4 Å². The molecule has 1 aliphatic rings. The maximum atomic E-state index is 14.2. The fraction of sp³-hybridized carbons (Fsp3) is 0.355. The zero-order valence-electron chi connectivity index (χ0n) is 24.5. The van der Waals surface area contributed by atoms with Crippen molar-refractivity contribution in [1.29, 1.82) is 0 Å². The van der Waals surface area contributed by atoms with Crippen LogP contribution >= 0.6 is 12.4 Å². The summed E-state index contributed by atoms with van der Waals surface area (Å²) in [6, 6.07) is 14.8. The SMILES string of the molecule is CCCCC1CC(NC(=O)Nc2cc(C(N)=O)c(F)cc2F)CCN1Cc1ccc(Oc2ccc(S(C)(=O)=O)cc2)cc1.Cl. The third kappa shape index (κ3) is 9.38. The van der Waals surface area contributed by atoms with Crippen molar-refractivity contribution in [3.05, 3.63) is 83.4 Å². The lowest BCUT2D eigenvalue weighted by Gasteiger charge is -2.40. The van der Waals surface area contributed by atoms with Gasteiger partial charge in [0, 0.05) is 37.5 Å². The van der Waals surface area contributed by atoms with Crippen LogP contribution in [0.4, 0.5) is 19.3 Å². The largest absolute Gasteiger partial charge is 0.457 e. The third-order valence-corrected chi connectivity index (χ3v) is 8.56. The summed E-state index contributed by atoms with van der Waals surface area (Å²) in [4.78, 5) is 26.7. The van der Waals surface area contributed by atoms with Gasteiger partial charge in [-0.3, -0.25) is 9.69 Å². The molecule has 0 aliphatic carbocycles. The Kier molecular flexibility index (Phi) is 12.1. The van der Waals surface area contributed by atoms with Crippen molar-refractivity contribution in [1.82, 2.24) is 10.2 Å². The Morgan fingerprint density at radius 2 is 1.66 bits per heavy atom. The van der Waals surface area contributed by atoms with E-state index >= 15 is 0 Å². The van der Waals surface area contributed by atoms with Gasteiger partial charge in [0.05, 0.1) is 16.1 Å². The standard InChI is InChI=1S/C31H36F2N4O5S.ClH/c1-3-4-5-22-16-21(35-31(39)36-29-17-26(30(34)38)27(32)18-28(29)33)14-15-37(22)19-20-6-8-23(9-7-20)42-24-10-12-25(13-11-24)43(2,40)41;/h6-13,17-18,21-22H,3-5,14-16,19H2,1-2H3,(H2,34,38)(H2,35,36,39);1H. The highest BCUT2D eigenvalue weighted by Crippen LogP contribution is 2.27. The van der Waals surface area contributed by atoms with E-state index in [-0.39, 0.29) is 35.1 Å². The summed E-state index contributed by atoms with van der Waals surface area (Å²) < 4.78 is 57.2. The molecule has 3 amide bonds. The van der Waals surface area contributed by atoms with Crippen molar-refractivity contribution in [2.45, 2.75) is 62.6 Å². The van der Waals surface area contributed by atoms with Crippen LogP contribution in [0.15, 0.2) is 65.6 Å². The molecule has 238 valence electrons. The van der Waals surface area contributed by atoms with Crippen LogP contribution in [0.1, 0.15) is 54.9 Å². The van der Waals surface area contributed by atoms with Gasteiger partial charge < -0.3 is 21.1 Å². The van der Waals surface area contributed by atoms with Crippen LogP contribution in [-0.4, -0.2) is 50.1 Å². The molecule has 1 fully saturated rings. The van der Waals surface area contributed by atoms with Crippen molar-refractivity contribution in [3.8, 4) is 11.5 Å². The van der Waals surface area contributed by atoms with E-state index in [0.29, 0.717) is 37.0 Å². The average Bonchev–Trinajstić information content (AvgIpc) is 2.95. The normalized spacial score (nSPS) is 16.9. The van der Waals surface area contributed by atoms with E-state index in [1.54, 1.807) is 12.1 Å². The number of halogens is 3. The topological polar surface area (TPSA) is 131 Å². The molecule has 4 N–H and O–H groups in total. The molecule has 0 spiro atoms. The minimum Gasteiger partial charge on any atom is -0.457 e. The average molecular weight is 651 g/mol. The highest BCUT2D eigenvalue weighted by molar-refractivity contribution is 7.90. The molecule has 0 saturated carbocycles. The van der Waals surface area contributed by atoms with E-state index < -0.39 is 39.0 Å². The van der Waals surface area contributed by atoms with Gasteiger partial charge in [0.1, 0.15) is 23.1 Å². The minimum absolute atomic E-state index is 0. The molecular formula is C31H37ClF2N4O5S. The first-order chi connectivity index (χ1) is 20.4. The maximum absolute atomic E-state index is 14.2. The summed E-state index contributed by atoms with van der Waals surface area (Å²) in [5, 5.41) is 5.26. The predicted molar refractivity (Wildman–Crippen MR) is 167 cm³/mol. The number of amides is 3. The van der Waals surface area contributed by atoms with E-state index in [1.165, 1.54) is 12.1 Å². The molecule has 1 heterocycles. The molecule has 9 nitrogen and oxygen atoms in total. The molecule has 2 atom stereocenters. The fourth-order valence-electron chi connectivity index (χ4n) is 5.14. The summed E-state index contributed by atoms with van der Waals surface area (Å²) in [7, 11) is -3.28. The van der Waals surface area contributed by atoms with Crippen LogP contribution in [0.2, 0.25) is 0 Å². The zero-order chi connectivity index (χ0) is 31.1. The van der Waals surface area contributed by atoms with Crippen LogP contribution in [0, 0.1) is 11.6 Å². The van der Waals surface area contributed by atoms with Gasteiger partial charge in [-0.15, -0.1) is 12.4 Å². The maximum Gasteiger partial charge on any atom is 0.319 e. The Balaban J connectivity index is 0.00000529. The van der Waals surface area contributed by atoms with E-state index in [4.69, 9.17) is 10.5 Å². The van der Waals surface area contributed by atoms with Crippen molar-refractivity contribution in [2.75, 3.05) is 18.1 Å². The molecule has 3 aromatic carbocycles. The highest BCUT2D eigenvalue weighted by Gasteiger charge is 2.29. The van der Waals surface area contributed by atoms with Crippen LogP contribution in [0.3, 0.4) is 0 Å². The summed E-state index contributed by atoms with van der Waals surface area (Å²) >= 11 is 0. The van der Waals surface area contributed by atoms with E-state index in [1.807, 2.05) is 24.3 Å². The molecule has 1 aliphatic heterocycles. The second-order valence-electron chi connectivity index (χ2n) is 10.8. The molecule has 3 aromatic rings. The number of likely N-dealkylation sites (tertiary alicyclic amines) is 1. The minimum atomic E-state index is -3.28. The highest BCUT2D eigenvalue weighted by atomic mass is 35.5. The first kappa shape index (κ1) is 34.7. The molecule has 0 radical (unpaired) electrons. The molecule has 13 heteroatoms. The number of benzene rings is 3. The number of hydrogen-bond donors (Lipinski definition) is 3. The molecule has 44 heavy (non-hydrogen) atoms. The van der Waals surface area contributed by atoms with Gasteiger partial charge in [-0.25, -0.2) is 22.0 Å². The van der Waals surface area contributed by atoms with Gasteiger partial charge in [-0.2, -0.15) is 0 Å². The number of rotatable bonds is 11. The van der Waals surface area contributed by atoms with E-state index in [2.05, 4.69) is 22.5 Å². The molecule has 0 aromatic heterocycles. The van der Waals surface area contributed by atoms with Gasteiger partial charge in [0.2, 0.25) is 0 Å². The summed E-state index contributed by atoms with van der Waals surface area (Å²) in [6.07, 6.45) is 5.56. The molecule has 0 bridgehead atoms. The fourth-order valence-corrected chi connectivity index (χ4v) is 5.78. The predicted octanol–water partition coefficient (Wildman–Crippen LogP) is 6.03. The van der Waals surface area contributed by atoms with E-state index in [9.17, 15) is 26.8 Å². The lowest BCUT2D eigenvalue weighted by molar-refractivity contribution is 0.0996. The number of piperidine rings is 1. The number of anilines is 1. The molecule has 4 rings (SSSR count). The van der Waals surface area contributed by atoms with Gasteiger partial charge in [-0.05, 0) is 67.3 Å². The lowest BCUT2D eigenvalue weighted by Crippen LogP contribution is -2.50. The van der Waals surface area contributed by atoms with Crippen molar-refractivity contribution in [2.24, 2.45) is 5.73 Å². The Bertz CT molecular complexity index is 1560. The number of urea groups is 1. The lowest BCUT2D eigenvalue weighted by atomic mass is 9.93. The Morgan fingerprint density at radius 3 is 2.25 bits per heavy atom. The summed E-state index contributed by atoms with van der Waals surface area (Å²) in [5.41, 5.74) is 5.40.